The van der Waals surface area contributed by atoms with Crippen LogP contribution in [0.15, 0.2) is 30.3 Å². The maximum absolute atomic E-state index is 5.90. The van der Waals surface area contributed by atoms with Gasteiger partial charge in [0, 0.05) is 20.5 Å². The quantitative estimate of drug-likeness (QED) is 0.664. The van der Waals surface area contributed by atoms with Gasteiger partial charge in [0.2, 0.25) is 0 Å². The second-order valence-electron chi connectivity index (χ2n) is 2.89. The Morgan fingerprint density at radius 2 is 2.14 bits per heavy atom. The van der Waals surface area contributed by atoms with Crippen LogP contribution in [0.2, 0.25) is 5.02 Å². The molecule has 0 N–H and O–H groups in total. The zero-order valence-corrected chi connectivity index (χ0v) is 9.66. The van der Waals surface area contributed by atoms with Crippen molar-refractivity contribution in [1.29, 1.82) is 0 Å². The van der Waals surface area contributed by atoms with E-state index in [9.17, 15) is 0 Å². The Bertz CT molecular complexity index is 471. The fraction of sp³-hybridized carbons (Fsp3) is 0.0909. The summed E-state index contributed by atoms with van der Waals surface area (Å²) < 4.78 is 1.25. The Hall–Kier alpha value is -0.500. The number of rotatable bonds is 2. The number of fused-ring (bicyclic) bond motifs is 1. The number of benzene rings is 1. The van der Waals surface area contributed by atoms with Crippen molar-refractivity contribution < 1.29 is 0 Å². The molecule has 0 fully saturated rings. The molecule has 1 aromatic heterocycles. The maximum atomic E-state index is 5.90. The van der Waals surface area contributed by atoms with Crippen LogP contribution in [-0.2, 0) is 0 Å². The van der Waals surface area contributed by atoms with E-state index in [1.54, 1.807) is 11.3 Å². The lowest BCUT2D eigenvalue weighted by atomic mass is 10.2. The van der Waals surface area contributed by atoms with E-state index < -0.39 is 0 Å². The van der Waals surface area contributed by atoms with Crippen LogP contribution in [0.1, 0.15) is 4.88 Å². The number of allylic oxidation sites excluding steroid dienone is 1. The average molecular weight is 243 g/mol. The smallest absolute Gasteiger partial charge is 0.0412 e. The summed E-state index contributed by atoms with van der Waals surface area (Å²) in [6.07, 6.45) is 3.97. The zero-order chi connectivity index (χ0) is 9.97. The summed E-state index contributed by atoms with van der Waals surface area (Å²) in [5.74, 6) is 0.551. The molecular formula is C11H8Cl2S. The molecule has 1 heterocycles. The van der Waals surface area contributed by atoms with E-state index >= 15 is 0 Å². The first-order chi connectivity index (χ1) is 6.79. The molecule has 0 saturated heterocycles. The van der Waals surface area contributed by atoms with E-state index in [-0.39, 0.29) is 0 Å². The summed E-state index contributed by atoms with van der Waals surface area (Å²) >= 11 is 13.2. The third-order valence-electron chi connectivity index (χ3n) is 1.87. The second-order valence-corrected chi connectivity index (χ2v) is 4.75. The molecule has 0 spiro atoms. The van der Waals surface area contributed by atoms with Crippen molar-refractivity contribution in [1.82, 2.24) is 0 Å². The van der Waals surface area contributed by atoms with Crippen molar-refractivity contribution >= 4 is 50.7 Å². The number of hydrogen-bond acceptors (Lipinski definition) is 1. The van der Waals surface area contributed by atoms with E-state index in [4.69, 9.17) is 23.2 Å². The largest absolute Gasteiger partial charge is 0.136 e. The lowest BCUT2D eigenvalue weighted by molar-refractivity contribution is 1.79. The van der Waals surface area contributed by atoms with Crippen molar-refractivity contribution in [2.75, 3.05) is 5.88 Å². The second kappa shape index (κ2) is 4.35. The number of halogens is 2. The van der Waals surface area contributed by atoms with Gasteiger partial charge in [-0.3, -0.25) is 0 Å². The van der Waals surface area contributed by atoms with E-state index in [1.807, 2.05) is 30.4 Å². The van der Waals surface area contributed by atoms with Gasteiger partial charge in [0.25, 0.3) is 0 Å². The number of hydrogen-bond donors (Lipinski definition) is 0. The molecule has 0 bridgehead atoms. The monoisotopic (exact) mass is 242 g/mol. The highest BCUT2D eigenvalue weighted by Crippen LogP contribution is 2.28. The summed E-state index contributed by atoms with van der Waals surface area (Å²) in [4.78, 5) is 1.21. The molecule has 2 rings (SSSR count). The standard InChI is InChI=1S/C11H8Cl2S/c12-5-1-2-10-7-8-6-9(13)3-4-11(8)14-10/h1-4,6-7H,5H2. The molecule has 2 aromatic rings. The van der Waals surface area contributed by atoms with Crippen molar-refractivity contribution in [3.8, 4) is 0 Å². The van der Waals surface area contributed by atoms with Crippen LogP contribution >= 0.6 is 34.5 Å². The molecule has 0 aliphatic carbocycles. The van der Waals surface area contributed by atoms with Crippen LogP contribution in [-0.4, -0.2) is 5.88 Å². The Balaban J connectivity index is 2.46. The fourth-order valence-corrected chi connectivity index (χ4v) is 2.52. The minimum absolute atomic E-state index is 0.551. The predicted octanol–water partition coefficient (Wildman–Crippen LogP) is 4.81. The average Bonchev–Trinajstić information content (AvgIpc) is 2.56. The maximum Gasteiger partial charge on any atom is 0.0412 e. The Kier molecular flexibility index (Phi) is 3.12. The lowest BCUT2D eigenvalue weighted by Crippen LogP contribution is -1.62. The molecule has 0 radical (unpaired) electrons. The van der Waals surface area contributed by atoms with E-state index in [1.165, 1.54) is 15.0 Å². The van der Waals surface area contributed by atoms with Gasteiger partial charge in [-0.1, -0.05) is 17.7 Å². The van der Waals surface area contributed by atoms with Gasteiger partial charge in [0.05, 0.1) is 0 Å². The highest BCUT2D eigenvalue weighted by molar-refractivity contribution is 7.19. The molecule has 0 amide bonds. The van der Waals surface area contributed by atoms with Crippen LogP contribution in [0.4, 0.5) is 0 Å². The summed E-state index contributed by atoms with van der Waals surface area (Å²) in [6, 6.07) is 8.05. The summed E-state index contributed by atoms with van der Waals surface area (Å²) in [5, 5.41) is 1.97. The Morgan fingerprint density at radius 3 is 2.93 bits per heavy atom. The summed E-state index contributed by atoms with van der Waals surface area (Å²) in [7, 11) is 0. The first kappa shape index (κ1) is 10.0. The number of thiophene rings is 1. The molecule has 0 atom stereocenters. The molecule has 72 valence electrons. The van der Waals surface area contributed by atoms with Crippen LogP contribution < -0.4 is 0 Å². The SMILES string of the molecule is ClCC=Cc1cc2cc(Cl)ccc2s1. The fourth-order valence-electron chi connectivity index (χ4n) is 1.28. The summed E-state index contributed by atoms with van der Waals surface area (Å²) in [5.41, 5.74) is 0. The molecule has 0 unspecified atom stereocenters. The third kappa shape index (κ3) is 2.11. The zero-order valence-electron chi connectivity index (χ0n) is 7.34. The van der Waals surface area contributed by atoms with Gasteiger partial charge >= 0.3 is 0 Å². The van der Waals surface area contributed by atoms with Gasteiger partial charge in [-0.05, 0) is 35.7 Å². The van der Waals surface area contributed by atoms with Gasteiger partial charge in [0.1, 0.15) is 0 Å². The van der Waals surface area contributed by atoms with Gasteiger partial charge in [-0.15, -0.1) is 22.9 Å². The lowest BCUT2D eigenvalue weighted by Gasteiger charge is -1.87. The Morgan fingerprint density at radius 1 is 1.29 bits per heavy atom. The third-order valence-corrected chi connectivity index (χ3v) is 3.36. The highest BCUT2D eigenvalue weighted by Gasteiger charge is 1.99. The number of alkyl halides is 1. The van der Waals surface area contributed by atoms with Crippen molar-refractivity contribution in [3.05, 3.63) is 40.2 Å². The normalized spacial score (nSPS) is 11.6. The molecule has 0 saturated carbocycles. The van der Waals surface area contributed by atoms with Crippen LogP contribution in [0.5, 0.6) is 0 Å². The molecule has 14 heavy (non-hydrogen) atoms. The van der Waals surface area contributed by atoms with Gasteiger partial charge in [-0.25, -0.2) is 0 Å². The van der Waals surface area contributed by atoms with Crippen LogP contribution in [0, 0.1) is 0 Å². The minimum Gasteiger partial charge on any atom is -0.136 e. The summed E-state index contributed by atoms with van der Waals surface area (Å²) in [6.45, 7) is 0. The van der Waals surface area contributed by atoms with E-state index in [2.05, 4.69) is 6.07 Å². The minimum atomic E-state index is 0.551. The molecule has 0 nitrogen and oxygen atoms in total. The van der Waals surface area contributed by atoms with Gasteiger partial charge < -0.3 is 0 Å². The van der Waals surface area contributed by atoms with Crippen LogP contribution in [0.25, 0.3) is 16.2 Å². The van der Waals surface area contributed by atoms with Gasteiger partial charge in [0.15, 0.2) is 0 Å². The molecule has 3 heteroatoms. The first-order valence-electron chi connectivity index (χ1n) is 4.21. The highest BCUT2D eigenvalue weighted by atomic mass is 35.5. The van der Waals surface area contributed by atoms with Crippen LogP contribution in [0.3, 0.4) is 0 Å². The van der Waals surface area contributed by atoms with Crippen molar-refractivity contribution in [2.45, 2.75) is 0 Å². The molecule has 0 aliphatic heterocycles. The van der Waals surface area contributed by atoms with Crippen molar-refractivity contribution in [2.24, 2.45) is 0 Å². The molecular weight excluding hydrogens is 235 g/mol. The predicted molar refractivity (Wildman–Crippen MR) is 66.6 cm³/mol. The van der Waals surface area contributed by atoms with E-state index in [0.717, 1.165) is 5.02 Å². The van der Waals surface area contributed by atoms with E-state index in [0.29, 0.717) is 5.88 Å². The molecule has 1 aromatic carbocycles. The van der Waals surface area contributed by atoms with Crippen molar-refractivity contribution in [3.63, 3.8) is 0 Å². The Labute approximate surface area is 96.8 Å². The topological polar surface area (TPSA) is 0 Å². The first-order valence-corrected chi connectivity index (χ1v) is 5.94. The van der Waals surface area contributed by atoms with Gasteiger partial charge in [-0.2, -0.15) is 0 Å². The molecule has 0 aliphatic rings.